The van der Waals surface area contributed by atoms with E-state index in [-0.39, 0.29) is 17.2 Å². The van der Waals surface area contributed by atoms with Gasteiger partial charge < -0.3 is 15.8 Å². The molecule has 0 spiro atoms. The molecule has 1 aliphatic heterocycles. The normalized spacial score (nSPS) is 21.1. The Bertz CT molecular complexity index is 514. The van der Waals surface area contributed by atoms with Crippen molar-refractivity contribution in [2.45, 2.75) is 38.4 Å². The fourth-order valence-corrected chi connectivity index (χ4v) is 2.03. The number of ether oxygens (including phenoxy) is 1. The van der Waals surface area contributed by atoms with E-state index in [9.17, 15) is 9.59 Å². The molecule has 1 aromatic heterocycles. The van der Waals surface area contributed by atoms with Crippen molar-refractivity contribution in [3.05, 3.63) is 24.0 Å². The van der Waals surface area contributed by atoms with Crippen LogP contribution in [0.1, 0.15) is 37.2 Å². The number of nitrogens with two attached hydrogens (primary N) is 1. The van der Waals surface area contributed by atoms with Crippen LogP contribution in [0.2, 0.25) is 0 Å². The van der Waals surface area contributed by atoms with Crippen molar-refractivity contribution in [3.63, 3.8) is 0 Å². The van der Waals surface area contributed by atoms with Crippen LogP contribution in [0.5, 0.6) is 0 Å². The van der Waals surface area contributed by atoms with Crippen molar-refractivity contribution in [2.75, 3.05) is 5.32 Å². The van der Waals surface area contributed by atoms with Gasteiger partial charge in [0.1, 0.15) is 11.8 Å². The number of nitrogens with one attached hydrogen (secondary N) is 1. The minimum atomic E-state index is -0.630. The second kappa shape index (κ2) is 4.97. The van der Waals surface area contributed by atoms with Gasteiger partial charge in [-0.05, 0) is 38.8 Å². The van der Waals surface area contributed by atoms with Gasteiger partial charge in [-0.1, -0.05) is 0 Å². The van der Waals surface area contributed by atoms with Gasteiger partial charge in [0.25, 0.3) is 11.8 Å². The zero-order chi connectivity index (χ0) is 14.0. The van der Waals surface area contributed by atoms with Crippen LogP contribution in [0.15, 0.2) is 18.3 Å². The van der Waals surface area contributed by atoms with Gasteiger partial charge in [0.2, 0.25) is 0 Å². The number of amides is 2. The number of primary amides is 1. The quantitative estimate of drug-likeness (QED) is 0.853. The van der Waals surface area contributed by atoms with Crippen LogP contribution in [0.25, 0.3) is 0 Å². The Morgan fingerprint density at radius 1 is 1.53 bits per heavy atom. The predicted octanol–water partition coefficient (Wildman–Crippen LogP) is 1.08. The van der Waals surface area contributed by atoms with Crippen molar-refractivity contribution < 1.29 is 14.3 Å². The van der Waals surface area contributed by atoms with Gasteiger partial charge in [-0.2, -0.15) is 0 Å². The van der Waals surface area contributed by atoms with E-state index in [0.717, 1.165) is 6.42 Å². The SMILES string of the molecule is CC1(C)CCC(C(=O)Nc2ccnc(C(N)=O)c2)O1. The maximum absolute atomic E-state index is 12.0. The van der Waals surface area contributed by atoms with Crippen LogP contribution >= 0.6 is 0 Å². The fraction of sp³-hybridized carbons (Fsp3) is 0.462. The lowest BCUT2D eigenvalue weighted by molar-refractivity contribution is -0.129. The Morgan fingerprint density at radius 2 is 2.26 bits per heavy atom. The van der Waals surface area contributed by atoms with E-state index in [1.165, 1.54) is 12.3 Å². The molecule has 3 N–H and O–H groups in total. The summed E-state index contributed by atoms with van der Waals surface area (Å²) in [6.07, 6.45) is 2.50. The minimum absolute atomic E-state index is 0.116. The molecule has 19 heavy (non-hydrogen) atoms. The van der Waals surface area contributed by atoms with Crippen LogP contribution in [-0.2, 0) is 9.53 Å². The maximum Gasteiger partial charge on any atom is 0.267 e. The van der Waals surface area contributed by atoms with E-state index in [1.54, 1.807) is 6.07 Å². The summed E-state index contributed by atoms with van der Waals surface area (Å²) >= 11 is 0. The van der Waals surface area contributed by atoms with E-state index < -0.39 is 12.0 Å². The summed E-state index contributed by atoms with van der Waals surface area (Å²) in [5.41, 5.74) is 5.47. The van der Waals surface area contributed by atoms with Crippen molar-refractivity contribution >= 4 is 17.5 Å². The molecule has 0 saturated carbocycles. The van der Waals surface area contributed by atoms with Crippen LogP contribution in [0.3, 0.4) is 0 Å². The number of rotatable bonds is 3. The summed E-state index contributed by atoms with van der Waals surface area (Å²) in [6.45, 7) is 3.91. The molecule has 0 bridgehead atoms. The van der Waals surface area contributed by atoms with Gasteiger partial charge in [0.15, 0.2) is 0 Å². The first-order valence-corrected chi connectivity index (χ1v) is 6.12. The zero-order valence-electron chi connectivity index (χ0n) is 11.0. The summed E-state index contributed by atoms with van der Waals surface area (Å²) in [5.74, 6) is -0.846. The third kappa shape index (κ3) is 3.29. The third-order valence-electron chi connectivity index (χ3n) is 3.04. The molecule has 0 aromatic carbocycles. The molecule has 6 nitrogen and oxygen atoms in total. The fourth-order valence-electron chi connectivity index (χ4n) is 2.03. The van der Waals surface area contributed by atoms with Gasteiger partial charge in [0, 0.05) is 11.9 Å². The molecule has 1 atom stereocenters. The Labute approximate surface area is 111 Å². The first kappa shape index (κ1) is 13.5. The highest BCUT2D eigenvalue weighted by molar-refractivity contribution is 5.96. The summed E-state index contributed by atoms with van der Waals surface area (Å²) in [6, 6.07) is 3.05. The largest absolute Gasteiger partial charge is 0.364 e. The standard InChI is InChI=1S/C13H17N3O3/c1-13(2)5-3-10(19-13)12(18)16-8-4-6-15-9(7-8)11(14)17/h4,6-7,10H,3,5H2,1-2H3,(H2,14,17)(H,15,16,18). The summed E-state index contributed by atoms with van der Waals surface area (Å²) in [4.78, 5) is 26.8. The zero-order valence-corrected chi connectivity index (χ0v) is 11.0. The second-order valence-electron chi connectivity index (χ2n) is 5.19. The number of nitrogens with zero attached hydrogens (tertiary/aromatic N) is 1. The van der Waals surface area contributed by atoms with Crippen LogP contribution in [0, 0.1) is 0 Å². The van der Waals surface area contributed by atoms with E-state index >= 15 is 0 Å². The predicted molar refractivity (Wildman–Crippen MR) is 69.6 cm³/mol. The number of aromatic nitrogens is 1. The first-order chi connectivity index (χ1) is 8.87. The van der Waals surface area contributed by atoms with Crippen LogP contribution in [0.4, 0.5) is 5.69 Å². The highest BCUT2D eigenvalue weighted by Crippen LogP contribution is 2.29. The molecule has 1 saturated heterocycles. The van der Waals surface area contributed by atoms with Gasteiger partial charge in [-0.15, -0.1) is 0 Å². The Kier molecular flexibility index (Phi) is 3.53. The van der Waals surface area contributed by atoms with Crippen molar-refractivity contribution in [2.24, 2.45) is 5.73 Å². The third-order valence-corrected chi connectivity index (χ3v) is 3.04. The van der Waals surface area contributed by atoms with E-state index in [4.69, 9.17) is 10.5 Å². The van der Waals surface area contributed by atoms with Crippen LogP contribution in [-0.4, -0.2) is 28.5 Å². The van der Waals surface area contributed by atoms with Gasteiger partial charge in [-0.25, -0.2) is 0 Å². The Balaban J connectivity index is 2.03. The molecule has 2 amide bonds. The molecule has 1 aliphatic rings. The lowest BCUT2D eigenvalue weighted by atomic mass is 10.1. The topological polar surface area (TPSA) is 94.3 Å². The highest BCUT2D eigenvalue weighted by Gasteiger charge is 2.35. The molecule has 1 unspecified atom stereocenters. The van der Waals surface area contributed by atoms with E-state index in [1.807, 2.05) is 13.8 Å². The summed E-state index contributed by atoms with van der Waals surface area (Å²) < 4.78 is 5.64. The molecular formula is C13H17N3O3. The van der Waals surface area contributed by atoms with E-state index in [2.05, 4.69) is 10.3 Å². The average Bonchev–Trinajstić information content (AvgIpc) is 2.70. The molecular weight excluding hydrogens is 246 g/mol. The number of anilines is 1. The van der Waals surface area contributed by atoms with Crippen molar-refractivity contribution in [1.82, 2.24) is 4.98 Å². The highest BCUT2D eigenvalue weighted by atomic mass is 16.5. The lowest BCUT2D eigenvalue weighted by Crippen LogP contribution is -2.30. The van der Waals surface area contributed by atoms with Crippen molar-refractivity contribution in [1.29, 1.82) is 0 Å². The first-order valence-electron chi connectivity index (χ1n) is 6.12. The van der Waals surface area contributed by atoms with E-state index in [0.29, 0.717) is 12.1 Å². The Morgan fingerprint density at radius 3 is 2.84 bits per heavy atom. The molecule has 102 valence electrons. The van der Waals surface area contributed by atoms with Gasteiger partial charge in [-0.3, -0.25) is 14.6 Å². The minimum Gasteiger partial charge on any atom is -0.364 e. The molecule has 1 fully saturated rings. The molecule has 2 heterocycles. The number of carbonyl (C=O) groups is 2. The number of carbonyl (C=O) groups excluding carboxylic acids is 2. The second-order valence-corrected chi connectivity index (χ2v) is 5.19. The van der Waals surface area contributed by atoms with Crippen LogP contribution < -0.4 is 11.1 Å². The number of hydrogen-bond acceptors (Lipinski definition) is 4. The molecule has 1 aromatic rings. The Hall–Kier alpha value is -1.95. The monoisotopic (exact) mass is 263 g/mol. The summed E-state index contributed by atoms with van der Waals surface area (Å²) in [7, 11) is 0. The number of hydrogen-bond donors (Lipinski definition) is 2. The molecule has 2 rings (SSSR count). The summed E-state index contributed by atoms with van der Waals surface area (Å²) in [5, 5.41) is 2.71. The molecule has 0 radical (unpaired) electrons. The lowest BCUT2D eigenvalue weighted by Gasteiger charge is -2.18. The smallest absolute Gasteiger partial charge is 0.267 e. The van der Waals surface area contributed by atoms with Gasteiger partial charge >= 0.3 is 0 Å². The average molecular weight is 263 g/mol. The molecule has 6 heteroatoms. The van der Waals surface area contributed by atoms with Crippen molar-refractivity contribution in [3.8, 4) is 0 Å². The number of pyridine rings is 1. The van der Waals surface area contributed by atoms with Gasteiger partial charge in [0.05, 0.1) is 5.60 Å². The maximum atomic E-state index is 12.0. The molecule has 0 aliphatic carbocycles.